The van der Waals surface area contributed by atoms with E-state index in [0.29, 0.717) is 22.0 Å². The lowest BCUT2D eigenvalue weighted by Gasteiger charge is -2.05. The molecule has 0 atom stereocenters. The van der Waals surface area contributed by atoms with Crippen LogP contribution in [0.2, 0.25) is 5.02 Å². The van der Waals surface area contributed by atoms with E-state index < -0.39 is 0 Å². The number of fused-ring (bicyclic) bond motifs is 1. The molecule has 1 aromatic heterocycles. The van der Waals surface area contributed by atoms with Gasteiger partial charge in [0.1, 0.15) is 5.75 Å². The number of aromatic amines is 1. The predicted octanol–water partition coefficient (Wildman–Crippen LogP) is 2.98. The minimum absolute atomic E-state index is 0.226. The van der Waals surface area contributed by atoms with Gasteiger partial charge >= 0.3 is 5.69 Å². The molecule has 0 saturated carbocycles. The lowest BCUT2D eigenvalue weighted by atomic mass is 10.2. The van der Waals surface area contributed by atoms with Crippen LogP contribution in [0.15, 0.2) is 47.3 Å². The third-order valence-electron chi connectivity index (χ3n) is 2.98. The topological polar surface area (TPSA) is 47.0 Å². The number of H-pyrrole nitrogens is 1. The van der Waals surface area contributed by atoms with E-state index in [0.717, 1.165) is 5.52 Å². The second-order valence-electron chi connectivity index (χ2n) is 4.10. The van der Waals surface area contributed by atoms with Crippen molar-refractivity contribution in [2.45, 2.75) is 0 Å². The minimum Gasteiger partial charge on any atom is -0.497 e. The van der Waals surface area contributed by atoms with Gasteiger partial charge in [-0.15, -0.1) is 0 Å². The molecule has 0 saturated heterocycles. The number of hydrogen-bond donors (Lipinski definition) is 1. The Hall–Kier alpha value is -2.20. The number of rotatable bonds is 2. The van der Waals surface area contributed by atoms with E-state index >= 15 is 0 Å². The van der Waals surface area contributed by atoms with Crippen LogP contribution in [0, 0.1) is 0 Å². The van der Waals surface area contributed by atoms with Crippen LogP contribution >= 0.6 is 11.6 Å². The molecule has 0 unspecified atom stereocenters. The average Bonchev–Trinajstić information content (AvgIpc) is 2.74. The number of aromatic nitrogens is 2. The average molecular weight is 275 g/mol. The summed E-state index contributed by atoms with van der Waals surface area (Å²) in [5, 5.41) is 0.529. The molecule has 0 aliphatic heterocycles. The van der Waals surface area contributed by atoms with Gasteiger partial charge in [-0.1, -0.05) is 23.7 Å². The Kier molecular flexibility index (Phi) is 2.80. The summed E-state index contributed by atoms with van der Waals surface area (Å²) < 4.78 is 6.70. The van der Waals surface area contributed by atoms with Crippen LogP contribution in [0.3, 0.4) is 0 Å². The summed E-state index contributed by atoms with van der Waals surface area (Å²) in [7, 11) is 1.59. The maximum atomic E-state index is 12.1. The zero-order chi connectivity index (χ0) is 13.4. The van der Waals surface area contributed by atoms with Crippen molar-refractivity contribution in [1.29, 1.82) is 0 Å². The van der Waals surface area contributed by atoms with Crippen molar-refractivity contribution in [3.05, 3.63) is 58.0 Å². The Bertz CT molecular complexity index is 805. The highest BCUT2D eigenvalue weighted by molar-refractivity contribution is 6.32. The fourth-order valence-electron chi connectivity index (χ4n) is 2.09. The van der Waals surface area contributed by atoms with Gasteiger partial charge < -0.3 is 9.72 Å². The van der Waals surface area contributed by atoms with Gasteiger partial charge in [0, 0.05) is 6.07 Å². The Morgan fingerprint density at radius 1 is 1.21 bits per heavy atom. The maximum absolute atomic E-state index is 12.1. The van der Waals surface area contributed by atoms with Crippen LogP contribution in [-0.4, -0.2) is 16.7 Å². The van der Waals surface area contributed by atoms with E-state index in [2.05, 4.69) is 4.98 Å². The van der Waals surface area contributed by atoms with Crippen molar-refractivity contribution in [2.75, 3.05) is 7.11 Å². The lowest BCUT2D eigenvalue weighted by molar-refractivity contribution is 0.415. The quantitative estimate of drug-likeness (QED) is 0.781. The third-order valence-corrected chi connectivity index (χ3v) is 3.30. The molecular formula is C14H11ClN2O2. The first-order chi connectivity index (χ1) is 9.20. The first-order valence-corrected chi connectivity index (χ1v) is 6.12. The highest BCUT2D eigenvalue weighted by atomic mass is 35.5. The van der Waals surface area contributed by atoms with Crippen molar-refractivity contribution in [1.82, 2.24) is 9.55 Å². The summed E-state index contributed by atoms with van der Waals surface area (Å²) in [5.41, 5.74) is 1.91. The van der Waals surface area contributed by atoms with Crippen LogP contribution in [0.1, 0.15) is 0 Å². The molecule has 0 amide bonds. The SMILES string of the molecule is COc1ccc2c(c1)[nH]c(=O)n2-c1ccccc1Cl. The van der Waals surface area contributed by atoms with E-state index in [9.17, 15) is 4.79 Å². The van der Waals surface area contributed by atoms with Crippen LogP contribution in [0.25, 0.3) is 16.7 Å². The molecule has 0 aliphatic rings. The van der Waals surface area contributed by atoms with Gasteiger partial charge in [-0.2, -0.15) is 0 Å². The summed E-state index contributed by atoms with van der Waals surface area (Å²) in [4.78, 5) is 14.9. The van der Waals surface area contributed by atoms with Crippen molar-refractivity contribution >= 4 is 22.6 Å². The van der Waals surface area contributed by atoms with Gasteiger partial charge in [-0.05, 0) is 24.3 Å². The number of methoxy groups -OCH3 is 1. The molecule has 0 fully saturated rings. The largest absolute Gasteiger partial charge is 0.497 e. The standard InChI is InChI=1S/C14H11ClN2O2/c1-19-9-6-7-13-11(8-9)16-14(18)17(13)12-5-3-2-4-10(12)15/h2-8H,1H3,(H,16,18). The Morgan fingerprint density at radius 2 is 2.00 bits per heavy atom. The summed E-state index contributed by atoms with van der Waals surface area (Å²) >= 11 is 6.15. The first kappa shape index (κ1) is 11.9. The minimum atomic E-state index is -0.226. The van der Waals surface area contributed by atoms with Gasteiger partial charge in [0.2, 0.25) is 0 Å². The molecule has 96 valence electrons. The smallest absolute Gasteiger partial charge is 0.331 e. The number of benzene rings is 2. The predicted molar refractivity (Wildman–Crippen MR) is 75.5 cm³/mol. The molecule has 3 aromatic rings. The van der Waals surface area contributed by atoms with E-state index in [1.807, 2.05) is 24.3 Å². The summed E-state index contributed by atoms with van der Waals surface area (Å²) in [6, 6.07) is 12.7. The Labute approximate surface area is 114 Å². The van der Waals surface area contributed by atoms with Crippen molar-refractivity contribution in [3.63, 3.8) is 0 Å². The fraction of sp³-hybridized carbons (Fsp3) is 0.0714. The number of para-hydroxylation sites is 1. The molecule has 0 bridgehead atoms. The first-order valence-electron chi connectivity index (χ1n) is 5.74. The molecule has 0 radical (unpaired) electrons. The second kappa shape index (κ2) is 4.48. The zero-order valence-electron chi connectivity index (χ0n) is 10.2. The van der Waals surface area contributed by atoms with E-state index in [1.165, 1.54) is 0 Å². The van der Waals surface area contributed by atoms with Gasteiger partial charge in [-0.25, -0.2) is 4.79 Å². The van der Waals surface area contributed by atoms with E-state index in [-0.39, 0.29) is 5.69 Å². The molecule has 0 aliphatic carbocycles. The number of halogens is 1. The summed E-state index contributed by atoms with van der Waals surface area (Å²) in [6.07, 6.45) is 0. The lowest BCUT2D eigenvalue weighted by Crippen LogP contribution is -2.14. The van der Waals surface area contributed by atoms with Crippen LogP contribution in [-0.2, 0) is 0 Å². The number of nitrogens with zero attached hydrogens (tertiary/aromatic N) is 1. The van der Waals surface area contributed by atoms with Crippen LogP contribution in [0.5, 0.6) is 5.75 Å². The van der Waals surface area contributed by atoms with Crippen LogP contribution < -0.4 is 10.4 Å². The fourth-order valence-corrected chi connectivity index (χ4v) is 2.31. The molecule has 5 heteroatoms. The number of imidazole rings is 1. The molecule has 19 heavy (non-hydrogen) atoms. The Balaban J connectivity index is 2.33. The summed E-state index contributed by atoms with van der Waals surface area (Å²) in [6.45, 7) is 0. The number of ether oxygens (including phenoxy) is 1. The van der Waals surface area contributed by atoms with Crippen molar-refractivity contribution in [2.24, 2.45) is 0 Å². The molecule has 1 heterocycles. The molecular weight excluding hydrogens is 264 g/mol. The molecule has 3 rings (SSSR count). The van der Waals surface area contributed by atoms with Gasteiger partial charge in [-0.3, -0.25) is 4.57 Å². The third kappa shape index (κ3) is 1.90. The van der Waals surface area contributed by atoms with Gasteiger partial charge in [0.05, 0.1) is 28.9 Å². The van der Waals surface area contributed by atoms with Crippen molar-refractivity contribution in [3.8, 4) is 11.4 Å². The molecule has 4 nitrogen and oxygen atoms in total. The van der Waals surface area contributed by atoms with Gasteiger partial charge in [0.15, 0.2) is 0 Å². The number of nitrogens with one attached hydrogen (secondary N) is 1. The number of hydrogen-bond acceptors (Lipinski definition) is 2. The molecule has 1 N–H and O–H groups in total. The van der Waals surface area contributed by atoms with Crippen LogP contribution in [0.4, 0.5) is 0 Å². The second-order valence-corrected chi connectivity index (χ2v) is 4.51. The monoisotopic (exact) mass is 274 g/mol. The summed E-state index contributed by atoms with van der Waals surface area (Å²) in [5.74, 6) is 0.694. The van der Waals surface area contributed by atoms with Crippen molar-refractivity contribution < 1.29 is 4.74 Å². The van der Waals surface area contributed by atoms with Gasteiger partial charge in [0.25, 0.3) is 0 Å². The highest BCUT2D eigenvalue weighted by Gasteiger charge is 2.11. The normalized spacial score (nSPS) is 10.8. The Morgan fingerprint density at radius 3 is 2.74 bits per heavy atom. The molecule has 2 aromatic carbocycles. The molecule has 0 spiro atoms. The highest BCUT2D eigenvalue weighted by Crippen LogP contribution is 2.24. The maximum Gasteiger partial charge on any atom is 0.331 e. The van der Waals surface area contributed by atoms with E-state index in [4.69, 9.17) is 16.3 Å². The zero-order valence-corrected chi connectivity index (χ0v) is 10.9. The van der Waals surface area contributed by atoms with E-state index in [1.54, 1.807) is 29.9 Å².